The quantitative estimate of drug-likeness (QED) is 0.293. The second kappa shape index (κ2) is 7.55. The van der Waals surface area contributed by atoms with E-state index >= 15 is 0 Å². The van der Waals surface area contributed by atoms with Gasteiger partial charge in [0.1, 0.15) is 0 Å². The Kier molecular flexibility index (Phi) is 4.93. The van der Waals surface area contributed by atoms with E-state index in [1.54, 1.807) is 11.3 Å². The van der Waals surface area contributed by atoms with Crippen LogP contribution in [0.5, 0.6) is 0 Å². The van der Waals surface area contributed by atoms with Gasteiger partial charge in [-0.15, -0.1) is 0 Å². The molecule has 32 heavy (non-hydrogen) atoms. The summed E-state index contributed by atoms with van der Waals surface area (Å²) < 4.78 is 0. The van der Waals surface area contributed by atoms with Crippen LogP contribution in [0.15, 0.2) is 47.3 Å². The number of benzene rings is 2. The minimum absolute atomic E-state index is 0.0451. The van der Waals surface area contributed by atoms with Crippen molar-refractivity contribution in [3.05, 3.63) is 75.1 Å². The molecule has 0 unspecified atom stereocenters. The topological polar surface area (TPSA) is 48.0 Å². The highest BCUT2D eigenvalue weighted by atomic mass is 32.1. The summed E-state index contributed by atoms with van der Waals surface area (Å²) in [7, 11) is 0. The van der Waals surface area contributed by atoms with Gasteiger partial charge in [-0.1, -0.05) is 37.0 Å². The Morgan fingerprint density at radius 2 is 1.88 bits per heavy atom. The van der Waals surface area contributed by atoms with E-state index in [4.69, 9.17) is 0 Å². The number of anilines is 1. The van der Waals surface area contributed by atoms with Crippen molar-refractivity contribution in [2.75, 3.05) is 5.32 Å². The van der Waals surface area contributed by atoms with Crippen molar-refractivity contribution in [2.45, 2.75) is 52.2 Å². The van der Waals surface area contributed by atoms with Crippen molar-refractivity contribution in [1.82, 2.24) is 4.98 Å². The van der Waals surface area contributed by atoms with Crippen molar-refractivity contribution < 1.29 is 5.11 Å². The molecule has 0 aliphatic carbocycles. The van der Waals surface area contributed by atoms with Crippen molar-refractivity contribution in [2.24, 2.45) is 0 Å². The second-order valence-corrected chi connectivity index (χ2v) is 10.2. The maximum atomic E-state index is 11.1. The summed E-state index contributed by atoms with van der Waals surface area (Å²) >= 11 is 1.65. The van der Waals surface area contributed by atoms with Gasteiger partial charge in [0.25, 0.3) is 0 Å². The number of aromatic amines is 1. The van der Waals surface area contributed by atoms with Gasteiger partial charge in [0, 0.05) is 50.8 Å². The van der Waals surface area contributed by atoms with Crippen LogP contribution in [0, 0.1) is 25.7 Å². The number of hydrogen-bond acceptors (Lipinski definition) is 3. The van der Waals surface area contributed by atoms with Crippen LogP contribution in [0.25, 0.3) is 22.0 Å². The van der Waals surface area contributed by atoms with E-state index in [1.165, 1.54) is 16.5 Å². The van der Waals surface area contributed by atoms with Crippen molar-refractivity contribution in [3.63, 3.8) is 0 Å². The molecular weight excluding hydrogens is 412 g/mol. The summed E-state index contributed by atoms with van der Waals surface area (Å²) in [5, 5.41) is 20.1. The number of thiophene rings is 1. The normalized spacial score (nSPS) is 19.2. The standard InChI is InChI=1S/C28H28N2OS/c1-16-13-23(22-8-6-7-20-17(2)14-29-26(20)22)21(10-9-19-11-12-32-15-19)24-18(3)27(31)28(4,5)30-25(16)24/h6-8,11-15,18,27,29-31H,1-5H3/t18-,27+/m1/s1. The number of para-hydroxylation sites is 1. The predicted octanol–water partition coefficient (Wildman–Crippen LogP) is 6.58. The number of fused-ring (bicyclic) bond motifs is 2. The number of aliphatic hydroxyl groups excluding tert-OH is 1. The minimum Gasteiger partial charge on any atom is -0.390 e. The van der Waals surface area contributed by atoms with Crippen LogP contribution >= 0.6 is 11.3 Å². The number of H-pyrrole nitrogens is 1. The van der Waals surface area contributed by atoms with Crippen LogP contribution in [-0.2, 0) is 0 Å². The van der Waals surface area contributed by atoms with E-state index in [1.807, 2.05) is 6.07 Å². The lowest BCUT2D eigenvalue weighted by Crippen LogP contribution is -2.50. The molecule has 0 spiro atoms. The molecule has 0 amide bonds. The molecule has 5 rings (SSSR count). The number of aryl methyl sites for hydroxylation is 2. The monoisotopic (exact) mass is 440 g/mol. The highest BCUT2D eigenvalue weighted by Gasteiger charge is 2.40. The fourth-order valence-corrected chi connectivity index (χ4v) is 5.57. The lowest BCUT2D eigenvalue weighted by molar-refractivity contribution is 0.0868. The highest BCUT2D eigenvalue weighted by molar-refractivity contribution is 7.08. The van der Waals surface area contributed by atoms with Crippen LogP contribution < -0.4 is 5.32 Å². The smallest absolute Gasteiger partial charge is 0.0831 e. The molecule has 2 atom stereocenters. The molecule has 3 heterocycles. The average Bonchev–Trinajstić information content (AvgIpc) is 3.42. The van der Waals surface area contributed by atoms with E-state index in [2.05, 4.69) is 98.0 Å². The van der Waals surface area contributed by atoms with E-state index in [0.717, 1.165) is 39.0 Å². The van der Waals surface area contributed by atoms with E-state index in [9.17, 15) is 5.11 Å². The molecule has 0 saturated carbocycles. The molecule has 2 aromatic carbocycles. The largest absolute Gasteiger partial charge is 0.390 e. The van der Waals surface area contributed by atoms with Gasteiger partial charge in [-0.05, 0) is 61.9 Å². The summed E-state index contributed by atoms with van der Waals surface area (Å²) in [6, 6.07) is 10.7. The van der Waals surface area contributed by atoms with Crippen molar-refractivity contribution in [3.8, 4) is 23.0 Å². The molecule has 4 heteroatoms. The van der Waals surface area contributed by atoms with Crippen LogP contribution in [0.4, 0.5) is 5.69 Å². The first-order valence-electron chi connectivity index (χ1n) is 11.0. The Balaban J connectivity index is 1.84. The van der Waals surface area contributed by atoms with Gasteiger partial charge >= 0.3 is 0 Å². The predicted molar refractivity (Wildman–Crippen MR) is 136 cm³/mol. The van der Waals surface area contributed by atoms with Crippen molar-refractivity contribution >= 4 is 27.9 Å². The van der Waals surface area contributed by atoms with E-state index < -0.39 is 11.6 Å². The third-order valence-corrected chi connectivity index (χ3v) is 7.43. The number of rotatable bonds is 1. The maximum absolute atomic E-state index is 11.1. The van der Waals surface area contributed by atoms with Crippen LogP contribution in [0.2, 0.25) is 0 Å². The first kappa shape index (κ1) is 20.9. The fourth-order valence-electron chi connectivity index (χ4n) is 4.98. The average molecular weight is 441 g/mol. The molecule has 1 aliphatic heterocycles. The SMILES string of the molecule is Cc1cc(-c2cccc3c(C)c[nH]c23)c(C#Cc2ccsc2)c2c1NC(C)(C)[C@@H](O)[C@@H]2C. The third kappa shape index (κ3) is 3.24. The molecule has 0 radical (unpaired) electrons. The fraction of sp³-hybridized carbons (Fsp3) is 0.286. The molecular formula is C28H28N2OS. The first-order chi connectivity index (χ1) is 15.3. The van der Waals surface area contributed by atoms with Crippen LogP contribution in [0.3, 0.4) is 0 Å². The molecule has 1 aliphatic rings. The Labute approximate surface area is 193 Å². The number of aromatic nitrogens is 1. The molecule has 2 aromatic heterocycles. The molecule has 0 saturated heterocycles. The minimum atomic E-state index is -0.519. The summed E-state index contributed by atoms with van der Waals surface area (Å²) in [6.45, 7) is 10.5. The Hall–Kier alpha value is -3.00. The third-order valence-electron chi connectivity index (χ3n) is 6.74. The molecule has 162 valence electrons. The summed E-state index contributed by atoms with van der Waals surface area (Å²) in [6.07, 6.45) is 1.54. The second-order valence-electron chi connectivity index (χ2n) is 9.45. The lowest BCUT2D eigenvalue weighted by Gasteiger charge is -2.43. The van der Waals surface area contributed by atoms with Gasteiger partial charge in [0.2, 0.25) is 0 Å². The Bertz CT molecular complexity index is 1380. The molecule has 4 aromatic rings. The molecule has 0 bridgehead atoms. The van der Waals surface area contributed by atoms with Crippen LogP contribution in [-0.4, -0.2) is 21.7 Å². The molecule has 3 N–H and O–H groups in total. The molecule has 0 fully saturated rings. The Morgan fingerprint density at radius 3 is 2.62 bits per heavy atom. The zero-order valence-corrected chi connectivity index (χ0v) is 19.9. The van der Waals surface area contributed by atoms with Gasteiger partial charge in [0.15, 0.2) is 0 Å². The molecule has 3 nitrogen and oxygen atoms in total. The van der Waals surface area contributed by atoms with Crippen LogP contribution in [0.1, 0.15) is 54.5 Å². The highest BCUT2D eigenvalue weighted by Crippen LogP contribution is 2.46. The number of nitrogens with one attached hydrogen (secondary N) is 2. The van der Waals surface area contributed by atoms with Gasteiger partial charge in [-0.25, -0.2) is 0 Å². The van der Waals surface area contributed by atoms with Gasteiger partial charge < -0.3 is 15.4 Å². The van der Waals surface area contributed by atoms with Gasteiger partial charge in [-0.2, -0.15) is 11.3 Å². The summed E-state index contributed by atoms with van der Waals surface area (Å²) in [5.41, 5.74) is 9.58. The van der Waals surface area contributed by atoms with Gasteiger partial charge in [-0.3, -0.25) is 0 Å². The lowest BCUT2D eigenvalue weighted by atomic mass is 9.75. The summed E-state index contributed by atoms with van der Waals surface area (Å²) in [4.78, 5) is 3.47. The van der Waals surface area contributed by atoms with Crippen molar-refractivity contribution in [1.29, 1.82) is 0 Å². The van der Waals surface area contributed by atoms with Gasteiger partial charge in [0.05, 0.1) is 17.2 Å². The zero-order chi connectivity index (χ0) is 22.6. The Morgan fingerprint density at radius 1 is 1.06 bits per heavy atom. The summed E-state index contributed by atoms with van der Waals surface area (Å²) in [5.74, 6) is 6.84. The maximum Gasteiger partial charge on any atom is 0.0831 e. The van der Waals surface area contributed by atoms with E-state index in [0.29, 0.717) is 0 Å². The number of hydrogen-bond donors (Lipinski definition) is 3. The van der Waals surface area contributed by atoms with E-state index in [-0.39, 0.29) is 5.92 Å². The first-order valence-corrected chi connectivity index (χ1v) is 12.0. The number of aliphatic hydroxyl groups is 1. The zero-order valence-electron chi connectivity index (χ0n) is 19.1.